The summed E-state index contributed by atoms with van der Waals surface area (Å²) < 4.78 is 19.2. The number of piperidine rings is 1. The van der Waals surface area contributed by atoms with Gasteiger partial charge in [0.1, 0.15) is 5.67 Å². The molecule has 1 fully saturated rings. The lowest BCUT2D eigenvalue weighted by molar-refractivity contribution is -0.0290. The number of hydrogen-bond acceptors (Lipinski definition) is 2. The Balaban J connectivity index is 2.30. The molecule has 0 aromatic carbocycles. The molecule has 13 heavy (non-hydrogen) atoms. The smallest absolute Gasteiger partial charge is 0.146 e. The first-order chi connectivity index (χ1) is 6.02. The van der Waals surface area contributed by atoms with Gasteiger partial charge >= 0.3 is 0 Å². The van der Waals surface area contributed by atoms with Crippen molar-refractivity contribution >= 4 is 0 Å². The Morgan fingerprint density at radius 2 is 2.31 bits per heavy atom. The van der Waals surface area contributed by atoms with Crippen LogP contribution in [0.2, 0.25) is 0 Å². The molecule has 0 bridgehead atoms. The maximum atomic E-state index is 13.9. The highest BCUT2D eigenvalue weighted by molar-refractivity contribution is 4.88. The third-order valence-corrected chi connectivity index (χ3v) is 2.47. The predicted octanol–water partition coefficient (Wildman–Crippen LogP) is 1.89. The molecular weight excluding hydrogens is 169 g/mol. The summed E-state index contributed by atoms with van der Waals surface area (Å²) in [4.78, 5) is 0. The van der Waals surface area contributed by atoms with E-state index in [4.69, 9.17) is 4.74 Å². The highest BCUT2D eigenvalue weighted by Gasteiger charge is 2.34. The van der Waals surface area contributed by atoms with Crippen LogP contribution in [0, 0.1) is 0 Å². The maximum absolute atomic E-state index is 13.9. The monoisotopic (exact) mass is 189 g/mol. The second kappa shape index (κ2) is 4.38. The van der Waals surface area contributed by atoms with Crippen LogP contribution in [0.25, 0.3) is 0 Å². The molecule has 0 aliphatic carbocycles. The average molecular weight is 189 g/mol. The fourth-order valence-electron chi connectivity index (χ4n) is 1.46. The van der Waals surface area contributed by atoms with Gasteiger partial charge < -0.3 is 10.1 Å². The molecule has 1 saturated heterocycles. The first kappa shape index (κ1) is 10.9. The molecule has 0 amide bonds. The molecule has 0 saturated carbocycles. The van der Waals surface area contributed by atoms with Gasteiger partial charge in [-0.2, -0.15) is 0 Å². The van der Waals surface area contributed by atoms with Gasteiger partial charge in [-0.1, -0.05) is 0 Å². The van der Waals surface area contributed by atoms with Crippen molar-refractivity contribution in [1.82, 2.24) is 5.32 Å². The molecule has 0 aromatic rings. The minimum Gasteiger partial charge on any atom is -0.375 e. The molecule has 2 atom stereocenters. The Bertz CT molecular complexity index is 153. The normalized spacial score (nSPS) is 35.3. The molecule has 0 radical (unpaired) electrons. The van der Waals surface area contributed by atoms with Crippen molar-refractivity contribution in [2.75, 3.05) is 13.2 Å². The van der Waals surface area contributed by atoms with Crippen molar-refractivity contribution in [3.05, 3.63) is 0 Å². The van der Waals surface area contributed by atoms with Crippen molar-refractivity contribution in [1.29, 1.82) is 0 Å². The summed E-state index contributed by atoms with van der Waals surface area (Å²) in [5.41, 5.74) is -1.14. The van der Waals surface area contributed by atoms with Gasteiger partial charge in [0.05, 0.1) is 12.7 Å². The number of nitrogens with one attached hydrogen (secondary N) is 1. The summed E-state index contributed by atoms with van der Waals surface area (Å²) in [6.45, 7) is 6.61. The third-order valence-electron chi connectivity index (χ3n) is 2.47. The fourth-order valence-corrected chi connectivity index (χ4v) is 1.46. The van der Waals surface area contributed by atoms with Gasteiger partial charge in [-0.05, 0) is 33.6 Å². The van der Waals surface area contributed by atoms with E-state index in [1.54, 1.807) is 0 Å². The van der Waals surface area contributed by atoms with Gasteiger partial charge in [-0.3, -0.25) is 0 Å². The second-order valence-corrected chi connectivity index (χ2v) is 4.33. The van der Waals surface area contributed by atoms with Crippen molar-refractivity contribution in [3.8, 4) is 0 Å². The molecular formula is C10H20FNO. The number of alkyl halides is 1. The molecule has 1 N–H and O–H groups in total. The molecule has 0 spiro atoms. The molecule has 78 valence electrons. The minimum atomic E-state index is -1.14. The van der Waals surface area contributed by atoms with Crippen LogP contribution >= 0.6 is 0 Å². The van der Waals surface area contributed by atoms with E-state index >= 15 is 0 Å². The highest BCUT2D eigenvalue weighted by Crippen LogP contribution is 2.24. The number of rotatable bonds is 3. The zero-order valence-electron chi connectivity index (χ0n) is 8.77. The SMILES string of the molecule is CC1CCC(F)(COC(C)C)CN1. The van der Waals surface area contributed by atoms with E-state index in [1.807, 2.05) is 13.8 Å². The molecule has 1 rings (SSSR count). The largest absolute Gasteiger partial charge is 0.375 e. The lowest BCUT2D eigenvalue weighted by atomic mass is 9.93. The van der Waals surface area contributed by atoms with Gasteiger partial charge in [0.15, 0.2) is 0 Å². The molecule has 3 heteroatoms. The average Bonchev–Trinajstić information content (AvgIpc) is 2.08. The van der Waals surface area contributed by atoms with Gasteiger partial charge in [-0.15, -0.1) is 0 Å². The lowest BCUT2D eigenvalue weighted by Gasteiger charge is -2.33. The van der Waals surface area contributed by atoms with Crippen molar-refractivity contribution in [2.45, 2.75) is 51.4 Å². The van der Waals surface area contributed by atoms with E-state index in [0.29, 0.717) is 19.0 Å². The first-order valence-electron chi connectivity index (χ1n) is 5.06. The summed E-state index contributed by atoms with van der Waals surface area (Å²) in [6, 6.07) is 0.447. The van der Waals surface area contributed by atoms with Crippen LogP contribution in [-0.4, -0.2) is 31.0 Å². The van der Waals surface area contributed by atoms with Crippen molar-refractivity contribution in [2.24, 2.45) is 0 Å². The zero-order valence-corrected chi connectivity index (χ0v) is 8.77. The fraction of sp³-hybridized carbons (Fsp3) is 1.00. The van der Waals surface area contributed by atoms with Crippen LogP contribution in [0.3, 0.4) is 0 Å². The number of hydrogen-bond donors (Lipinski definition) is 1. The summed E-state index contributed by atoms with van der Waals surface area (Å²) >= 11 is 0. The molecule has 0 aromatic heterocycles. The standard InChI is InChI=1S/C10H20FNO/c1-8(2)13-7-10(11)5-4-9(3)12-6-10/h8-9,12H,4-7H2,1-3H3. The van der Waals surface area contributed by atoms with E-state index < -0.39 is 5.67 Å². The number of halogens is 1. The van der Waals surface area contributed by atoms with Crippen LogP contribution < -0.4 is 5.32 Å². The van der Waals surface area contributed by atoms with Crippen molar-refractivity contribution < 1.29 is 9.13 Å². The van der Waals surface area contributed by atoms with Crippen LogP contribution in [-0.2, 0) is 4.74 Å². The summed E-state index contributed by atoms with van der Waals surface area (Å²) in [6.07, 6.45) is 1.64. The van der Waals surface area contributed by atoms with Crippen LogP contribution in [0.15, 0.2) is 0 Å². The molecule has 1 aliphatic heterocycles. The topological polar surface area (TPSA) is 21.3 Å². The quantitative estimate of drug-likeness (QED) is 0.732. The van der Waals surface area contributed by atoms with Gasteiger partial charge in [0.25, 0.3) is 0 Å². The maximum Gasteiger partial charge on any atom is 0.146 e. The molecule has 2 nitrogen and oxygen atoms in total. The first-order valence-corrected chi connectivity index (χ1v) is 5.06. The second-order valence-electron chi connectivity index (χ2n) is 4.33. The van der Waals surface area contributed by atoms with Gasteiger partial charge in [0.2, 0.25) is 0 Å². The van der Waals surface area contributed by atoms with E-state index in [1.165, 1.54) is 0 Å². The Labute approximate surface area is 79.8 Å². The molecule has 1 aliphatic rings. The Hall–Kier alpha value is -0.150. The van der Waals surface area contributed by atoms with Gasteiger partial charge in [0, 0.05) is 12.6 Å². The molecule has 1 heterocycles. The Morgan fingerprint density at radius 1 is 1.62 bits per heavy atom. The van der Waals surface area contributed by atoms with Crippen molar-refractivity contribution in [3.63, 3.8) is 0 Å². The highest BCUT2D eigenvalue weighted by atomic mass is 19.1. The van der Waals surface area contributed by atoms with E-state index in [-0.39, 0.29) is 12.7 Å². The van der Waals surface area contributed by atoms with E-state index in [2.05, 4.69) is 12.2 Å². The van der Waals surface area contributed by atoms with Crippen LogP contribution in [0.5, 0.6) is 0 Å². The zero-order chi connectivity index (χ0) is 9.90. The third kappa shape index (κ3) is 3.61. The summed E-state index contributed by atoms with van der Waals surface area (Å²) in [7, 11) is 0. The van der Waals surface area contributed by atoms with Crippen LogP contribution in [0.4, 0.5) is 4.39 Å². The van der Waals surface area contributed by atoms with Gasteiger partial charge in [-0.25, -0.2) is 4.39 Å². The molecule has 2 unspecified atom stereocenters. The predicted molar refractivity (Wildman–Crippen MR) is 51.6 cm³/mol. The summed E-state index contributed by atoms with van der Waals surface area (Å²) in [5.74, 6) is 0. The van der Waals surface area contributed by atoms with E-state index in [9.17, 15) is 4.39 Å². The van der Waals surface area contributed by atoms with E-state index in [0.717, 1.165) is 6.42 Å². The summed E-state index contributed by atoms with van der Waals surface area (Å²) in [5, 5.41) is 3.14. The Morgan fingerprint density at radius 3 is 2.77 bits per heavy atom. The number of ether oxygens (including phenoxy) is 1. The minimum absolute atomic E-state index is 0.118. The Kier molecular flexibility index (Phi) is 3.68. The lowest BCUT2D eigenvalue weighted by Crippen LogP contribution is -2.49. The van der Waals surface area contributed by atoms with Crippen LogP contribution in [0.1, 0.15) is 33.6 Å².